The summed E-state index contributed by atoms with van der Waals surface area (Å²) in [5.74, 6) is 1.14. The molecule has 1 aliphatic rings. The number of amides is 1. The van der Waals surface area contributed by atoms with Gasteiger partial charge in [0.15, 0.2) is 0 Å². The molecule has 0 aliphatic carbocycles. The second-order valence-corrected chi connectivity index (χ2v) is 5.87. The van der Waals surface area contributed by atoms with Gasteiger partial charge in [0.05, 0.1) is 0 Å². The van der Waals surface area contributed by atoms with Gasteiger partial charge < -0.3 is 4.90 Å². The largest absolute Gasteiger partial charge is 0.342 e. The minimum Gasteiger partial charge on any atom is -0.342 e. The van der Waals surface area contributed by atoms with Crippen molar-refractivity contribution in [2.45, 2.75) is 33.1 Å². The average Bonchev–Trinajstić information content (AvgIpc) is 2.35. The van der Waals surface area contributed by atoms with Crippen LogP contribution < -0.4 is 0 Å². The van der Waals surface area contributed by atoms with Gasteiger partial charge in [0.1, 0.15) is 5.82 Å². The highest BCUT2D eigenvalue weighted by Gasteiger charge is 2.24. The maximum Gasteiger partial charge on any atom is 0.222 e. The quantitative estimate of drug-likeness (QED) is 0.819. The molecular weight excluding hydrogens is 241 g/mol. The van der Waals surface area contributed by atoms with E-state index >= 15 is 0 Å². The second-order valence-electron chi connectivity index (χ2n) is 5.87. The molecule has 1 amide bonds. The normalized spacial score (nSPS) is 23.4. The van der Waals surface area contributed by atoms with Crippen LogP contribution in [0.15, 0.2) is 24.3 Å². The summed E-state index contributed by atoms with van der Waals surface area (Å²) in [6.07, 6.45) is 2.30. The summed E-state index contributed by atoms with van der Waals surface area (Å²) >= 11 is 0. The van der Waals surface area contributed by atoms with E-state index in [0.717, 1.165) is 18.7 Å². The van der Waals surface area contributed by atoms with Gasteiger partial charge in [0, 0.05) is 19.5 Å². The smallest absolute Gasteiger partial charge is 0.222 e. The van der Waals surface area contributed by atoms with E-state index in [-0.39, 0.29) is 11.7 Å². The molecule has 104 valence electrons. The summed E-state index contributed by atoms with van der Waals surface area (Å²) in [5, 5.41) is 0. The number of hydrogen-bond acceptors (Lipinski definition) is 1. The average molecular weight is 263 g/mol. The van der Waals surface area contributed by atoms with Gasteiger partial charge in [0.2, 0.25) is 5.91 Å². The Bertz CT molecular complexity index is 436. The van der Waals surface area contributed by atoms with E-state index in [2.05, 4.69) is 13.8 Å². The molecule has 2 unspecified atom stereocenters. The molecule has 1 aromatic carbocycles. The molecule has 0 saturated carbocycles. The van der Waals surface area contributed by atoms with E-state index < -0.39 is 0 Å². The monoisotopic (exact) mass is 263 g/mol. The number of aryl methyl sites for hydroxylation is 1. The highest BCUT2D eigenvalue weighted by atomic mass is 19.1. The predicted molar refractivity (Wildman–Crippen MR) is 74.2 cm³/mol. The zero-order chi connectivity index (χ0) is 13.8. The zero-order valence-electron chi connectivity index (χ0n) is 11.7. The maximum atomic E-state index is 13.1. The van der Waals surface area contributed by atoms with Gasteiger partial charge in [-0.3, -0.25) is 4.79 Å². The van der Waals surface area contributed by atoms with Crippen LogP contribution in [0.1, 0.15) is 32.3 Å². The Balaban J connectivity index is 1.87. The molecule has 2 atom stereocenters. The van der Waals surface area contributed by atoms with E-state index in [0.29, 0.717) is 24.7 Å². The Morgan fingerprint density at radius 3 is 2.63 bits per heavy atom. The number of carbonyl (C=O) groups is 1. The van der Waals surface area contributed by atoms with Crippen LogP contribution in [0.25, 0.3) is 0 Å². The van der Waals surface area contributed by atoms with Crippen LogP contribution >= 0.6 is 0 Å². The second kappa shape index (κ2) is 6.18. The molecule has 1 heterocycles. The van der Waals surface area contributed by atoms with E-state index in [1.807, 2.05) is 11.0 Å². The van der Waals surface area contributed by atoms with E-state index in [1.165, 1.54) is 18.6 Å². The third-order valence-electron chi connectivity index (χ3n) is 3.74. The Morgan fingerprint density at radius 1 is 1.32 bits per heavy atom. The molecule has 0 radical (unpaired) electrons. The molecule has 1 aliphatic heterocycles. The number of halogens is 1. The summed E-state index contributed by atoms with van der Waals surface area (Å²) in [6.45, 7) is 6.13. The Labute approximate surface area is 114 Å². The molecule has 1 saturated heterocycles. The summed E-state index contributed by atoms with van der Waals surface area (Å²) in [6, 6.07) is 6.51. The molecule has 0 spiro atoms. The SMILES string of the molecule is CC1CC(C)CN(C(=O)CCc2cccc(F)c2)C1. The van der Waals surface area contributed by atoms with Crippen LogP contribution in [0, 0.1) is 17.7 Å². The van der Waals surface area contributed by atoms with Crippen molar-refractivity contribution in [2.24, 2.45) is 11.8 Å². The summed E-state index contributed by atoms with van der Waals surface area (Å²) in [7, 11) is 0. The molecule has 1 fully saturated rings. The van der Waals surface area contributed by atoms with Gasteiger partial charge in [0.25, 0.3) is 0 Å². The molecule has 2 nitrogen and oxygen atoms in total. The fourth-order valence-electron chi connectivity index (χ4n) is 2.97. The van der Waals surface area contributed by atoms with Crippen LogP contribution in [0.4, 0.5) is 4.39 Å². The van der Waals surface area contributed by atoms with Gasteiger partial charge >= 0.3 is 0 Å². The third kappa shape index (κ3) is 4.05. The highest BCUT2D eigenvalue weighted by Crippen LogP contribution is 2.21. The van der Waals surface area contributed by atoms with Crippen molar-refractivity contribution in [3.8, 4) is 0 Å². The van der Waals surface area contributed by atoms with Crippen molar-refractivity contribution in [1.82, 2.24) is 4.90 Å². The van der Waals surface area contributed by atoms with Crippen LogP contribution in [-0.4, -0.2) is 23.9 Å². The number of likely N-dealkylation sites (tertiary alicyclic amines) is 1. The number of benzene rings is 1. The minimum atomic E-state index is -0.231. The van der Waals surface area contributed by atoms with Crippen molar-refractivity contribution in [3.63, 3.8) is 0 Å². The lowest BCUT2D eigenvalue weighted by Crippen LogP contribution is -2.42. The standard InChI is InChI=1S/C16H22FNO/c1-12-8-13(2)11-18(10-12)16(19)7-6-14-4-3-5-15(17)9-14/h3-5,9,12-13H,6-8,10-11H2,1-2H3. The third-order valence-corrected chi connectivity index (χ3v) is 3.74. The maximum absolute atomic E-state index is 13.1. The van der Waals surface area contributed by atoms with E-state index in [9.17, 15) is 9.18 Å². The van der Waals surface area contributed by atoms with Gasteiger partial charge in [-0.2, -0.15) is 0 Å². The summed E-state index contributed by atoms with van der Waals surface area (Å²) in [5.41, 5.74) is 0.895. The molecule has 3 heteroatoms. The van der Waals surface area contributed by atoms with Crippen LogP contribution in [0.5, 0.6) is 0 Å². The topological polar surface area (TPSA) is 20.3 Å². The Morgan fingerprint density at radius 2 is 2.00 bits per heavy atom. The molecule has 1 aromatic rings. The number of nitrogens with zero attached hydrogens (tertiary/aromatic N) is 1. The number of piperidine rings is 1. The lowest BCUT2D eigenvalue weighted by atomic mass is 9.91. The fraction of sp³-hybridized carbons (Fsp3) is 0.562. The first-order valence-corrected chi connectivity index (χ1v) is 7.07. The summed E-state index contributed by atoms with van der Waals surface area (Å²) in [4.78, 5) is 14.2. The van der Waals surface area contributed by atoms with E-state index in [4.69, 9.17) is 0 Å². The molecule has 2 rings (SSSR count). The van der Waals surface area contributed by atoms with Crippen molar-refractivity contribution >= 4 is 5.91 Å². The predicted octanol–water partition coefficient (Wildman–Crippen LogP) is 3.26. The molecule has 0 N–H and O–H groups in total. The lowest BCUT2D eigenvalue weighted by Gasteiger charge is -2.35. The Hall–Kier alpha value is -1.38. The first-order valence-electron chi connectivity index (χ1n) is 7.07. The summed E-state index contributed by atoms with van der Waals surface area (Å²) < 4.78 is 13.1. The first kappa shape index (κ1) is 14.0. The number of carbonyl (C=O) groups excluding carboxylic acids is 1. The Kier molecular flexibility index (Phi) is 4.56. The zero-order valence-corrected chi connectivity index (χ0v) is 11.7. The van der Waals surface area contributed by atoms with Crippen LogP contribution in [0.3, 0.4) is 0 Å². The minimum absolute atomic E-state index is 0.197. The van der Waals surface area contributed by atoms with E-state index in [1.54, 1.807) is 6.07 Å². The van der Waals surface area contributed by atoms with Crippen molar-refractivity contribution < 1.29 is 9.18 Å². The van der Waals surface area contributed by atoms with Crippen molar-refractivity contribution in [3.05, 3.63) is 35.6 Å². The van der Waals surface area contributed by atoms with Crippen LogP contribution in [-0.2, 0) is 11.2 Å². The number of rotatable bonds is 3. The van der Waals surface area contributed by atoms with Crippen LogP contribution in [0.2, 0.25) is 0 Å². The molecule has 0 bridgehead atoms. The first-order chi connectivity index (χ1) is 9.04. The lowest BCUT2D eigenvalue weighted by molar-refractivity contribution is -0.133. The highest BCUT2D eigenvalue weighted by molar-refractivity contribution is 5.76. The van der Waals surface area contributed by atoms with Crippen molar-refractivity contribution in [1.29, 1.82) is 0 Å². The number of hydrogen-bond donors (Lipinski definition) is 0. The van der Waals surface area contributed by atoms with Gasteiger partial charge in [-0.1, -0.05) is 26.0 Å². The van der Waals surface area contributed by atoms with Gasteiger partial charge in [-0.25, -0.2) is 4.39 Å². The molecule has 0 aromatic heterocycles. The molecule has 19 heavy (non-hydrogen) atoms. The fourth-order valence-corrected chi connectivity index (χ4v) is 2.97. The van der Waals surface area contributed by atoms with Crippen molar-refractivity contribution in [2.75, 3.05) is 13.1 Å². The van der Waals surface area contributed by atoms with Gasteiger partial charge in [-0.05, 0) is 42.4 Å². The van der Waals surface area contributed by atoms with Gasteiger partial charge in [-0.15, -0.1) is 0 Å². The molecular formula is C16H22FNO.